The normalized spacial score (nSPS) is 15.7. The van der Waals surface area contributed by atoms with Crippen molar-refractivity contribution in [3.8, 4) is 0 Å². The first-order valence-corrected chi connectivity index (χ1v) is 8.49. The summed E-state index contributed by atoms with van der Waals surface area (Å²) in [5, 5.41) is 10.2. The lowest BCUT2D eigenvalue weighted by Gasteiger charge is -2.36. The summed E-state index contributed by atoms with van der Waals surface area (Å²) in [4.78, 5) is 8.97. The third-order valence-electron chi connectivity index (χ3n) is 4.24. The molecule has 1 atom stereocenters. The molecular weight excluding hydrogens is 373 g/mol. The van der Waals surface area contributed by atoms with Crippen molar-refractivity contribution in [2.45, 2.75) is 12.7 Å². The van der Waals surface area contributed by atoms with Gasteiger partial charge in [0.2, 0.25) is 0 Å². The maximum Gasteiger partial charge on any atom is 0.128 e. The molecule has 1 fully saturated rings. The van der Waals surface area contributed by atoms with Crippen LogP contribution in [0.5, 0.6) is 0 Å². The second-order valence-electron chi connectivity index (χ2n) is 6.13. The number of piperazine rings is 1. The summed E-state index contributed by atoms with van der Waals surface area (Å²) in [6, 6.07) is 16.0. The van der Waals surface area contributed by atoms with Gasteiger partial charge in [0.15, 0.2) is 0 Å². The molecule has 26 heavy (non-hydrogen) atoms. The Hall–Kier alpha value is -1.37. The zero-order valence-electron chi connectivity index (χ0n) is 14.7. The molecule has 7 heteroatoms. The monoisotopic (exact) mass is 397 g/mol. The van der Waals surface area contributed by atoms with E-state index in [1.54, 1.807) is 0 Å². The predicted octanol–water partition coefficient (Wildman–Crippen LogP) is -4.21. The van der Waals surface area contributed by atoms with Gasteiger partial charge in [0.25, 0.3) is 0 Å². The van der Waals surface area contributed by atoms with Crippen molar-refractivity contribution in [1.29, 1.82) is 0 Å². The summed E-state index contributed by atoms with van der Waals surface area (Å²) in [7, 11) is 0. The number of nitrogens with zero attached hydrogens (tertiary/aromatic N) is 3. The molecule has 5 nitrogen and oxygen atoms in total. The molecule has 1 aromatic carbocycles. The Morgan fingerprint density at radius 1 is 0.962 bits per heavy atom. The highest BCUT2D eigenvalue weighted by atomic mass is 35.5. The highest BCUT2D eigenvalue weighted by Crippen LogP contribution is 2.12. The molecule has 0 radical (unpaired) electrons. The molecule has 0 saturated carbocycles. The molecule has 0 amide bonds. The van der Waals surface area contributed by atoms with Gasteiger partial charge in [0.05, 0.1) is 19.3 Å². The average molecular weight is 398 g/mol. The summed E-state index contributed by atoms with van der Waals surface area (Å²) >= 11 is 0. The summed E-state index contributed by atoms with van der Waals surface area (Å²) in [5.74, 6) is 1.03. The third-order valence-corrected chi connectivity index (χ3v) is 4.24. The van der Waals surface area contributed by atoms with Gasteiger partial charge >= 0.3 is 0 Å². The molecule has 1 aromatic heterocycles. The van der Waals surface area contributed by atoms with E-state index in [-0.39, 0.29) is 24.8 Å². The van der Waals surface area contributed by atoms with Crippen LogP contribution in [-0.2, 0) is 11.3 Å². The van der Waals surface area contributed by atoms with E-state index in [4.69, 9.17) is 4.74 Å². The molecule has 0 bridgehead atoms. The highest BCUT2D eigenvalue weighted by Gasteiger charge is 2.19. The van der Waals surface area contributed by atoms with Crippen LogP contribution in [0.4, 0.5) is 5.82 Å². The van der Waals surface area contributed by atoms with Gasteiger partial charge in [-0.15, -0.1) is 0 Å². The van der Waals surface area contributed by atoms with Crippen molar-refractivity contribution in [2.24, 2.45) is 0 Å². The second kappa shape index (κ2) is 12.1. The van der Waals surface area contributed by atoms with Gasteiger partial charge in [-0.05, 0) is 17.7 Å². The highest BCUT2D eigenvalue weighted by molar-refractivity contribution is 5.38. The number of hydrogen-bond acceptors (Lipinski definition) is 5. The molecule has 144 valence electrons. The molecule has 1 saturated heterocycles. The summed E-state index contributed by atoms with van der Waals surface area (Å²) in [6.45, 7) is 5.33. The van der Waals surface area contributed by atoms with Crippen LogP contribution < -0.4 is 29.7 Å². The van der Waals surface area contributed by atoms with Crippen LogP contribution in [0.3, 0.4) is 0 Å². The fraction of sp³-hybridized carbons (Fsp3) is 0.421. The minimum absolute atomic E-state index is 0. The first-order chi connectivity index (χ1) is 11.8. The van der Waals surface area contributed by atoms with Crippen LogP contribution in [-0.4, -0.2) is 60.4 Å². The van der Waals surface area contributed by atoms with Crippen LogP contribution in [0.25, 0.3) is 0 Å². The zero-order valence-corrected chi connectivity index (χ0v) is 16.2. The number of halogens is 2. The first kappa shape index (κ1) is 22.7. The number of aliphatic hydroxyl groups is 1. The molecule has 1 N–H and O–H groups in total. The Morgan fingerprint density at radius 2 is 1.65 bits per heavy atom. The molecule has 0 aliphatic carbocycles. The number of aromatic nitrogens is 1. The molecule has 2 heterocycles. The number of benzene rings is 1. The fourth-order valence-electron chi connectivity index (χ4n) is 2.94. The quantitative estimate of drug-likeness (QED) is 0.513. The minimum atomic E-state index is -0.449. The van der Waals surface area contributed by atoms with Crippen molar-refractivity contribution < 1.29 is 34.7 Å². The summed E-state index contributed by atoms with van der Waals surface area (Å²) in [6.07, 6.45) is 1.38. The Balaban J connectivity index is 0.00000169. The Kier molecular flexibility index (Phi) is 10.5. The van der Waals surface area contributed by atoms with Crippen LogP contribution in [0.15, 0.2) is 54.7 Å². The van der Waals surface area contributed by atoms with E-state index >= 15 is 0 Å². The lowest BCUT2D eigenvalue weighted by molar-refractivity contribution is -0.00100. The van der Waals surface area contributed by atoms with Crippen molar-refractivity contribution in [3.05, 3.63) is 60.3 Å². The van der Waals surface area contributed by atoms with E-state index in [2.05, 4.69) is 14.8 Å². The topological polar surface area (TPSA) is 48.8 Å². The molecule has 0 spiro atoms. The maximum atomic E-state index is 10.2. The number of ether oxygens (including phenoxy) is 1. The average Bonchev–Trinajstić information content (AvgIpc) is 2.64. The SMILES string of the molecule is OC(COCc1ccccc1)CN1CCN(c2ccccn2)CC1.[Cl-].[Cl-]. The maximum absolute atomic E-state index is 10.2. The van der Waals surface area contributed by atoms with E-state index in [1.165, 1.54) is 0 Å². The minimum Gasteiger partial charge on any atom is -1.00 e. The molecule has 3 rings (SSSR count). The lowest BCUT2D eigenvalue weighted by Crippen LogP contribution is -3.00. The number of β-amino-alcohol motifs (C(OH)–C–C–N with tert-alkyl or cyclic N) is 1. The van der Waals surface area contributed by atoms with Gasteiger partial charge in [-0.1, -0.05) is 36.4 Å². The van der Waals surface area contributed by atoms with Gasteiger partial charge < -0.3 is 39.6 Å². The van der Waals surface area contributed by atoms with Crippen LogP contribution in [0, 0.1) is 0 Å². The molecule has 2 aromatic rings. The fourth-order valence-corrected chi connectivity index (χ4v) is 2.94. The largest absolute Gasteiger partial charge is 1.00 e. The Morgan fingerprint density at radius 3 is 2.31 bits per heavy atom. The van der Waals surface area contributed by atoms with Gasteiger partial charge in [0.1, 0.15) is 5.82 Å². The Labute approximate surface area is 167 Å². The second-order valence-corrected chi connectivity index (χ2v) is 6.13. The zero-order chi connectivity index (χ0) is 16.6. The van der Waals surface area contributed by atoms with Gasteiger partial charge in [-0.3, -0.25) is 4.90 Å². The molecule has 1 aliphatic heterocycles. The van der Waals surface area contributed by atoms with E-state index in [0.29, 0.717) is 19.8 Å². The third kappa shape index (κ3) is 7.09. The van der Waals surface area contributed by atoms with Gasteiger partial charge in [0, 0.05) is 38.9 Å². The van der Waals surface area contributed by atoms with E-state index in [9.17, 15) is 5.11 Å². The van der Waals surface area contributed by atoms with E-state index in [0.717, 1.165) is 37.6 Å². The van der Waals surface area contributed by atoms with Gasteiger partial charge in [-0.25, -0.2) is 4.98 Å². The van der Waals surface area contributed by atoms with E-state index < -0.39 is 6.10 Å². The van der Waals surface area contributed by atoms with Crippen molar-refractivity contribution in [1.82, 2.24) is 9.88 Å². The van der Waals surface area contributed by atoms with Crippen molar-refractivity contribution >= 4 is 5.82 Å². The summed E-state index contributed by atoms with van der Waals surface area (Å²) in [5.41, 5.74) is 1.13. The number of pyridine rings is 1. The molecule has 1 aliphatic rings. The van der Waals surface area contributed by atoms with Crippen LogP contribution in [0.2, 0.25) is 0 Å². The van der Waals surface area contributed by atoms with E-state index in [1.807, 2.05) is 54.7 Å². The van der Waals surface area contributed by atoms with Gasteiger partial charge in [-0.2, -0.15) is 0 Å². The number of aliphatic hydroxyl groups excluding tert-OH is 1. The van der Waals surface area contributed by atoms with Crippen molar-refractivity contribution in [3.63, 3.8) is 0 Å². The number of anilines is 1. The number of hydrogen-bond donors (Lipinski definition) is 1. The molecular formula is C19H25Cl2N3O2-2. The molecule has 1 unspecified atom stereocenters. The first-order valence-electron chi connectivity index (χ1n) is 8.49. The summed E-state index contributed by atoms with van der Waals surface area (Å²) < 4.78 is 5.62. The van der Waals surface area contributed by atoms with Crippen LogP contribution >= 0.6 is 0 Å². The smallest absolute Gasteiger partial charge is 0.128 e. The number of rotatable bonds is 7. The lowest BCUT2D eigenvalue weighted by atomic mass is 10.2. The predicted molar refractivity (Wildman–Crippen MR) is 95.0 cm³/mol. The van der Waals surface area contributed by atoms with Crippen LogP contribution in [0.1, 0.15) is 5.56 Å². The van der Waals surface area contributed by atoms with Crippen molar-refractivity contribution in [2.75, 3.05) is 44.2 Å². The standard InChI is InChI=1S/C19H25N3O2.2ClH/c23-18(16-24-15-17-6-2-1-3-7-17)14-21-10-12-22(13-11-21)19-8-4-5-9-20-19;;/h1-9,18,23H,10-16H2;2*1H/p-2. The Bertz CT molecular complexity index is 596.